The molecule has 0 fully saturated rings. The fourth-order valence-corrected chi connectivity index (χ4v) is 4.35. The Balaban J connectivity index is 1.68. The Hall–Kier alpha value is -3.80. The molecule has 3 aromatic rings. The second kappa shape index (κ2) is 10.9. The van der Waals surface area contributed by atoms with Crippen molar-refractivity contribution >= 4 is 40.1 Å². The molecule has 4 rings (SSSR count). The summed E-state index contributed by atoms with van der Waals surface area (Å²) in [6, 6.07) is 5.32. The smallest absolute Gasteiger partial charge is 0.461 e. The van der Waals surface area contributed by atoms with Gasteiger partial charge in [0.25, 0.3) is 0 Å². The quantitative estimate of drug-likeness (QED) is 0.435. The van der Waals surface area contributed by atoms with E-state index in [-0.39, 0.29) is 18.4 Å². The molecule has 2 N–H and O–H groups in total. The van der Waals surface area contributed by atoms with E-state index in [0.717, 1.165) is 23.1 Å². The van der Waals surface area contributed by atoms with Crippen LogP contribution in [0.3, 0.4) is 0 Å². The van der Waals surface area contributed by atoms with E-state index in [9.17, 15) is 27.6 Å². The van der Waals surface area contributed by atoms with E-state index >= 15 is 0 Å². The highest BCUT2D eigenvalue weighted by Crippen LogP contribution is 2.29. The molecule has 38 heavy (non-hydrogen) atoms. The number of halogens is 4. The third kappa shape index (κ3) is 5.85. The first kappa shape index (κ1) is 27.2. The number of aromatic nitrogens is 3. The number of anilines is 2. The molecule has 1 aromatic carbocycles. The normalized spacial score (nSPS) is 15.5. The van der Waals surface area contributed by atoms with Crippen molar-refractivity contribution in [3.63, 3.8) is 0 Å². The van der Waals surface area contributed by atoms with Gasteiger partial charge in [-0.3, -0.25) is 9.36 Å². The number of amides is 1. The third-order valence-corrected chi connectivity index (χ3v) is 6.48. The van der Waals surface area contributed by atoms with Crippen LogP contribution in [0.1, 0.15) is 24.7 Å². The van der Waals surface area contributed by atoms with Crippen molar-refractivity contribution < 1.29 is 22.4 Å². The topological polar surface area (TPSA) is 111 Å². The Kier molecular flexibility index (Phi) is 7.81. The number of nitrogens with zero attached hydrogens (tertiary/aromatic N) is 3. The zero-order valence-corrected chi connectivity index (χ0v) is 21.3. The number of hydrogen-bond acceptors (Lipinski definition) is 6. The first-order valence-electron chi connectivity index (χ1n) is 11.9. The average Bonchev–Trinajstić information content (AvgIpc) is 3.19. The summed E-state index contributed by atoms with van der Waals surface area (Å²) < 4.78 is 45.3. The third-order valence-electron chi connectivity index (χ3n) is 6.20. The van der Waals surface area contributed by atoms with Gasteiger partial charge in [0.2, 0.25) is 5.95 Å². The lowest BCUT2D eigenvalue weighted by molar-refractivity contribution is -0.173. The predicted molar refractivity (Wildman–Crippen MR) is 137 cm³/mol. The Morgan fingerprint density at radius 3 is 2.68 bits per heavy atom. The Labute approximate surface area is 219 Å². The lowest BCUT2D eigenvalue weighted by Crippen LogP contribution is -2.46. The molecule has 2 heterocycles. The van der Waals surface area contributed by atoms with E-state index in [2.05, 4.69) is 10.3 Å². The number of nitrogens with one attached hydrogen (secondary N) is 2. The summed E-state index contributed by atoms with van der Waals surface area (Å²) >= 11 is 6.00. The van der Waals surface area contributed by atoms with Crippen molar-refractivity contribution in [3.8, 4) is 0 Å². The number of allylic oxidation sites excluding steroid dienone is 4. The standard InChI is InChI=1S/C25H25ClF3N5O4/c1-3-19-14(2)18-12-17(8-9-20(18)38-19)31-22-32-23(36)33(11-10-30-21(35)25(27,28)29)24(37)34(22)13-15-4-6-16(26)7-5-15/h4,6-9,12,15H,3,5,10-11,13H2,1-2H3,(H,30,35)(H,31,32,36). The number of carbonyl (C=O) groups excluding carboxylic acids is 1. The van der Waals surface area contributed by atoms with E-state index in [0.29, 0.717) is 27.3 Å². The van der Waals surface area contributed by atoms with E-state index in [4.69, 9.17) is 16.0 Å². The first-order valence-corrected chi connectivity index (χ1v) is 12.2. The van der Waals surface area contributed by atoms with Gasteiger partial charge in [0.05, 0.1) is 0 Å². The molecular formula is C25H25ClF3N5O4. The zero-order valence-electron chi connectivity index (χ0n) is 20.6. The van der Waals surface area contributed by atoms with Gasteiger partial charge >= 0.3 is 23.5 Å². The van der Waals surface area contributed by atoms with Crippen LogP contribution in [-0.4, -0.2) is 32.7 Å². The summed E-state index contributed by atoms with van der Waals surface area (Å²) in [6.07, 6.45) is 1.49. The van der Waals surface area contributed by atoms with Crippen molar-refractivity contribution in [3.05, 3.63) is 73.8 Å². The fraction of sp³-hybridized carbons (Fsp3) is 0.360. The summed E-state index contributed by atoms with van der Waals surface area (Å²) in [5.41, 5.74) is 0.482. The lowest BCUT2D eigenvalue weighted by Gasteiger charge is -2.20. The molecule has 0 bridgehead atoms. The number of hydrogen-bond donors (Lipinski definition) is 2. The van der Waals surface area contributed by atoms with Crippen molar-refractivity contribution in [2.75, 3.05) is 11.9 Å². The predicted octanol–water partition coefficient (Wildman–Crippen LogP) is 4.14. The molecule has 1 aliphatic rings. The number of fused-ring (bicyclic) bond motifs is 1. The molecule has 0 radical (unpaired) electrons. The van der Waals surface area contributed by atoms with Gasteiger partial charge in [0.1, 0.15) is 11.3 Å². The molecule has 0 saturated carbocycles. The van der Waals surface area contributed by atoms with Crippen LogP contribution in [0.2, 0.25) is 0 Å². The van der Waals surface area contributed by atoms with Gasteiger partial charge in [-0.05, 0) is 49.1 Å². The fourth-order valence-electron chi connectivity index (χ4n) is 4.19. The molecule has 1 unspecified atom stereocenters. The second-order valence-electron chi connectivity index (χ2n) is 8.80. The van der Waals surface area contributed by atoms with Gasteiger partial charge in [-0.2, -0.15) is 18.2 Å². The number of aryl methyl sites for hydroxylation is 2. The van der Waals surface area contributed by atoms with Crippen molar-refractivity contribution in [2.24, 2.45) is 5.92 Å². The minimum absolute atomic E-state index is 0.0270. The molecule has 13 heteroatoms. The van der Waals surface area contributed by atoms with Gasteiger partial charge in [0, 0.05) is 42.2 Å². The van der Waals surface area contributed by atoms with Crippen LogP contribution in [0.25, 0.3) is 11.0 Å². The molecule has 1 amide bonds. The molecular weight excluding hydrogens is 527 g/mol. The molecule has 0 spiro atoms. The average molecular weight is 552 g/mol. The molecule has 0 saturated heterocycles. The van der Waals surface area contributed by atoms with Crippen LogP contribution < -0.4 is 22.0 Å². The number of carbonyl (C=O) groups is 1. The minimum atomic E-state index is -5.08. The minimum Gasteiger partial charge on any atom is -0.461 e. The van der Waals surface area contributed by atoms with E-state index < -0.39 is 36.6 Å². The lowest BCUT2D eigenvalue weighted by atomic mass is 10.0. The van der Waals surface area contributed by atoms with Crippen LogP contribution in [0.4, 0.5) is 24.8 Å². The highest BCUT2D eigenvalue weighted by atomic mass is 35.5. The maximum atomic E-state index is 13.4. The van der Waals surface area contributed by atoms with Crippen LogP contribution in [0.5, 0.6) is 0 Å². The SMILES string of the molecule is CCc1oc2ccc(Nc3nc(=O)n(CCNC(=O)C(F)(F)F)c(=O)n3CC3C=CC(Cl)=CC3)cc2c1C. The molecule has 1 aliphatic carbocycles. The Morgan fingerprint density at radius 2 is 2.03 bits per heavy atom. The molecule has 1 atom stereocenters. The van der Waals surface area contributed by atoms with Gasteiger partial charge < -0.3 is 15.1 Å². The highest BCUT2D eigenvalue weighted by Gasteiger charge is 2.38. The van der Waals surface area contributed by atoms with Crippen LogP contribution >= 0.6 is 11.6 Å². The number of alkyl halides is 3. The first-order chi connectivity index (χ1) is 18.0. The Morgan fingerprint density at radius 1 is 1.26 bits per heavy atom. The summed E-state index contributed by atoms with van der Waals surface area (Å²) in [5, 5.41) is 6.12. The van der Waals surface area contributed by atoms with Crippen molar-refractivity contribution in [1.29, 1.82) is 0 Å². The molecule has 202 valence electrons. The van der Waals surface area contributed by atoms with E-state index in [1.54, 1.807) is 29.6 Å². The van der Waals surface area contributed by atoms with Crippen LogP contribution in [-0.2, 0) is 24.3 Å². The van der Waals surface area contributed by atoms with Gasteiger partial charge in [0.15, 0.2) is 0 Å². The van der Waals surface area contributed by atoms with Crippen molar-refractivity contribution in [1.82, 2.24) is 19.4 Å². The van der Waals surface area contributed by atoms with Gasteiger partial charge in [-0.1, -0.05) is 30.7 Å². The molecule has 9 nitrogen and oxygen atoms in total. The monoisotopic (exact) mass is 551 g/mol. The zero-order chi connectivity index (χ0) is 27.6. The Bertz CT molecular complexity index is 1550. The van der Waals surface area contributed by atoms with Gasteiger partial charge in [-0.25, -0.2) is 14.2 Å². The van der Waals surface area contributed by atoms with Crippen molar-refractivity contribution in [2.45, 2.75) is 46.0 Å². The number of benzene rings is 1. The van der Waals surface area contributed by atoms with Crippen LogP contribution in [0, 0.1) is 12.8 Å². The second-order valence-corrected chi connectivity index (χ2v) is 9.24. The highest BCUT2D eigenvalue weighted by molar-refractivity contribution is 6.31. The largest absolute Gasteiger partial charge is 0.471 e. The number of furan rings is 1. The summed E-state index contributed by atoms with van der Waals surface area (Å²) in [5.74, 6) is -1.49. The van der Waals surface area contributed by atoms with E-state index in [1.807, 2.05) is 26.0 Å². The summed E-state index contributed by atoms with van der Waals surface area (Å²) in [7, 11) is 0. The number of rotatable bonds is 8. The summed E-state index contributed by atoms with van der Waals surface area (Å²) in [6.45, 7) is 2.97. The van der Waals surface area contributed by atoms with Gasteiger partial charge in [-0.15, -0.1) is 0 Å². The molecule has 2 aromatic heterocycles. The maximum Gasteiger partial charge on any atom is 0.471 e. The summed E-state index contributed by atoms with van der Waals surface area (Å²) in [4.78, 5) is 41.2. The maximum absolute atomic E-state index is 13.4. The van der Waals surface area contributed by atoms with E-state index in [1.165, 1.54) is 4.57 Å². The molecule has 0 aliphatic heterocycles. The van der Waals surface area contributed by atoms with Crippen LogP contribution in [0.15, 0.2) is 55.5 Å².